The Balaban J connectivity index is 2.03. The molecular weight excluding hydrogens is 403 g/mol. The standard InChI is InChI=1S/C16H11BrClFN2O3/c17-10-3-1-2-9(6-10)15-20(8-14(22)21(15)24)16(23)12-7-11(19)4-5-13(12)18/h1-7,15,24H,8H2. The molecule has 0 spiro atoms. The quantitative estimate of drug-likeness (QED) is 0.765. The van der Waals surface area contributed by atoms with Crippen LogP contribution in [-0.2, 0) is 4.79 Å². The first kappa shape index (κ1) is 16.9. The fourth-order valence-corrected chi connectivity index (χ4v) is 3.18. The van der Waals surface area contributed by atoms with Crippen molar-refractivity contribution in [2.45, 2.75) is 6.17 Å². The molecule has 2 aromatic rings. The summed E-state index contributed by atoms with van der Waals surface area (Å²) in [6.45, 7) is -0.334. The smallest absolute Gasteiger partial charge is 0.267 e. The molecule has 2 amide bonds. The van der Waals surface area contributed by atoms with Gasteiger partial charge in [-0.3, -0.25) is 14.8 Å². The summed E-state index contributed by atoms with van der Waals surface area (Å²) >= 11 is 9.29. The molecule has 0 saturated carbocycles. The molecule has 1 saturated heterocycles. The maximum absolute atomic E-state index is 13.5. The molecule has 0 bridgehead atoms. The van der Waals surface area contributed by atoms with Gasteiger partial charge < -0.3 is 4.90 Å². The van der Waals surface area contributed by atoms with E-state index in [1.807, 2.05) is 0 Å². The van der Waals surface area contributed by atoms with E-state index in [0.717, 1.165) is 21.5 Å². The molecule has 1 heterocycles. The maximum Gasteiger partial charge on any atom is 0.267 e. The number of rotatable bonds is 2. The van der Waals surface area contributed by atoms with Crippen LogP contribution >= 0.6 is 27.5 Å². The lowest BCUT2D eigenvalue weighted by atomic mass is 10.1. The van der Waals surface area contributed by atoms with Gasteiger partial charge >= 0.3 is 0 Å². The predicted octanol–water partition coefficient (Wildman–Crippen LogP) is 3.61. The zero-order chi connectivity index (χ0) is 17.4. The number of hydroxylamine groups is 2. The molecule has 2 aromatic carbocycles. The molecule has 1 aliphatic rings. The molecule has 1 unspecified atom stereocenters. The van der Waals surface area contributed by atoms with Crippen molar-refractivity contribution in [2.75, 3.05) is 6.54 Å². The molecule has 0 aliphatic carbocycles. The van der Waals surface area contributed by atoms with E-state index < -0.39 is 23.8 Å². The van der Waals surface area contributed by atoms with Crippen LogP contribution in [0.15, 0.2) is 46.9 Å². The van der Waals surface area contributed by atoms with Crippen molar-refractivity contribution >= 4 is 39.3 Å². The van der Waals surface area contributed by atoms with Crippen LogP contribution in [-0.4, -0.2) is 33.5 Å². The summed E-state index contributed by atoms with van der Waals surface area (Å²) in [4.78, 5) is 25.8. The molecule has 1 N–H and O–H groups in total. The van der Waals surface area contributed by atoms with Gasteiger partial charge in [-0.1, -0.05) is 39.7 Å². The number of hydrogen-bond acceptors (Lipinski definition) is 3. The van der Waals surface area contributed by atoms with Crippen molar-refractivity contribution in [2.24, 2.45) is 0 Å². The number of hydrogen-bond donors (Lipinski definition) is 1. The Morgan fingerprint density at radius 1 is 1.29 bits per heavy atom. The number of carbonyl (C=O) groups excluding carboxylic acids is 2. The van der Waals surface area contributed by atoms with Crippen LogP contribution in [0.5, 0.6) is 0 Å². The van der Waals surface area contributed by atoms with Crippen molar-refractivity contribution in [3.63, 3.8) is 0 Å². The van der Waals surface area contributed by atoms with E-state index in [2.05, 4.69) is 15.9 Å². The lowest BCUT2D eigenvalue weighted by Crippen LogP contribution is -2.34. The first-order valence-electron chi connectivity index (χ1n) is 6.91. The summed E-state index contributed by atoms with van der Waals surface area (Å²) in [6, 6.07) is 10.3. The Bertz CT molecular complexity index is 833. The van der Waals surface area contributed by atoms with Gasteiger partial charge in [-0.15, -0.1) is 0 Å². The molecule has 5 nitrogen and oxygen atoms in total. The van der Waals surface area contributed by atoms with Crippen molar-refractivity contribution < 1.29 is 19.2 Å². The minimum Gasteiger partial charge on any atom is -0.302 e. The molecule has 124 valence electrons. The van der Waals surface area contributed by atoms with Crippen molar-refractivity contribution in [3.8, 4) is 0 Å². The fourth-order valence-electron chi connectivity index (χ4n) is 2.56. The topological polar surface area (TPSA) is 60.9 Å². The molecule has 8 heteroatoms. The minimum atomic E-state index is -1.01. The van der Waals surface area contributed by atoms with E-state index in [-0.39, 0.29) is 17.1 Å². The lowest BCUT2D eigenvalue weighted by molar-refractivity contribution is -0.168. The normalized spacial score (nSPS) is 17.5. The van der Waals surface area contributed by atoms with E-state index in [0.29, 0.717) is 10.6 Å². The highest BCUT2D eigenvalue weighted by Crippen LogP contribution is 2.33. The summed E-state index contributed by atoms with van der Waals surface area (Å²) in [7, 11) is 0. The van der Waals surface area contributed by atoms with Crippen LogP contribution in [0.1, 0.15) is 22.1 Å². The lowest BCUT2D eigenvalue weighted by Gasteiger charge is -2.27. The predicted molar refractivity (Wildman–Crippen MR) is 88.0 cm³/mol. The second-order valence-corrected chi connectivity index (χ2v) is 6.55. The first-order chi connectivity index (χ1) is 11.4. The summed E-state index contributed by atoms with van der Waals surface area (Å²) < 4.78 is 14.2. The number of benzene rings is 2. The highest BCUT2D eigenvalue weighted by atomic mass is 79.9. The van der Waals surface area contributed by atoms with Crippen LogP contribution in [0.25, 0.3) is 0 Å². The minimum absolute atomic E-state index is 0.0678. The molecule has 1 fully saturated rings. The van der Waals surface area contributed by atoms with Crippen molar-refractivity contribution in [1.82, 2.24) is 9.96 Å². The maximum atomic E-state index is 13.5. The van der Waals surface area contributed by atoms with Gasteiger partial charge in [0.05, 0.1) is 10.6 Å². The molecule has 0 aromatic heterocycles. The van der Waals surface area contributed by atoms with Crippen LogP contribution < -0.4 is 0 Å². The number of carbonyl (C=O) groups is 2. The van der Waals surface area contributed by atoms with Crippen LogP contribution in [0.2, 0.25) is 5.02 Å². The Hall–Kier alpha value is -1.96. The second-order valence-electron chi connectivity index (χ2n) is 5.22. The van der Waals surface area contributed by atoms with Crippen LogP contribution in [0.4, 0.5) is 4.39 Å². The van der Waals surface area contributed by atoms with Gasteiger partial charge in [0.25, 0.3) is 11.8 Å². The average molecular weight is 414 g/mol. The van der Waals surface area contributed by atoms with Crippen LogP contribution in [0.3, 0.4) is 0 Å². The second kappa shape index (κ2) is 6.51. The van der Waals surface area contributed by atoms with E-state index in [9.17, 15) is 19.2 Å². The van der Waals surface area contributed by atoms with Gasteiger partial charge in [0, 0.05) is 4.47 Å². The van der Waals surface area contributed by atoms with Crippen molar-refractivity contribution in [3.05, 3.63) is 68.9 Å². The molecule has 3 rings (SSSR count). The number of amides is 2. The molecular formula is C16H11BrClFN2O3. The van der Waals surface area contributed by atoms with E-state index in [4.69, 9.17) is 11.6 Å². The third kappa shape index (κ3) is 3.02. The first-order valence-corrected chi connectivity index (χ1v) is 8.08. The zero-order valence-corrected chi connectivity index (χ0v) is 14.5. The number of halogens is 3. The van der Waals surface area contributed by atoms with Gasteiger partial charge in [-0.25, -0.2) is 4.39 Å². The van der Waals surface area contributed by atoms with Gasteiger partial charge in [-0.2, -0.15) is 5.06 Å². The molecule has 0 radical (unpaired) electrons. The Morgan fingerprint density at radius 2 is 2.04 bits per heavy atom. The van der Waals surface area contributed by atoms with Gasteiger partial charge in [-0.05, 0) is 35.9 Å². The third-order valence-corrected chi connectivity index (χ3v) is 4.48. The summed E-state index contributed by atoms with van der Waals surface area (Å²) in [5.41, 5.74) is 0.457. The fraction of sp³-hybridized carbons (Fsp3) is 0.125. The summed E-state index contributed by atoms with van der Waals surface area (Å²) in [5, 5.41) is 10.6. The van der Waals surface area contributed by atoms with E-state index >= 15 is 0 Å². The van der Waals surface area contributed by atoms with Crippen LogP contribution in [0, 0.1) is 5.82 Å². The van der Waals surface area contributed by atoms with Crippen molar-refractivity contribution in [1.29, 1.82) is 0 Å². The largest absolute Gasteiger partial charge is 0.302 e. The number of nitrogens with zero attached hydrogens (tertiary/aromatic N) is 2. The Labute approximate surface area is 150 Å². The highest BCUT2D eigenvalue weighted by molar-refractivity contribution is 9.10. The monoisotopic (exact) mass is 412 g/mol. The van der Waals surface area contributed by atoms with Gasteiger partial charge in [0.15, 0.2) is 6.17 Å². The summed E-state index contributed by atoms with van der Waals surface area (Å²) in [5.74, 6) is -1.90. The Morgan fingerprint density at radius 3 is 2.75 bits per heavy atom. The molecule has 24 heavy (non-hydrogen) atoms. The molecule has 1 aliphatic heterocycles. The summed E-state index contributed by atoms with van der Waals surface area (Å²) in [6.07, 6.45) is -1.01. The Kier molecular flexibility index (Phi) is 4.58. The van der Waals surface area contributed by atoms with E-state index in [1.165, 1.54) is 6.07 Å². The van der Waals surface area contributed by atoms with Gasteiger partial charge in [0.1, 0.15) is 12.4 Å². The zero-order valence-electron chi connectivity index (χ0n) is 12.1. The average Bonchev–Trinajstić information content (AvgIpc) is 2.84. The van der Waals surface area contributed by atoms with E-state index in [1.54, 1.807) is 24.3 Å². The van der Waals surface area contributed by atoms with Gasteiger partial charge in [0.2, 0.25) is 0 Å². The SMILES string of the molecule is O=C1CN(C(=O)c2cc(F)ccc2Cl)C(c2cccc(Br)c2)N1O. The third-order valence-electron chi connectivity index (χ3n) is 3.65. The molecule has 1 atom stereocenters. The highest BCUT2D eigenvalue weighted by Gasteiger charge is 2.42.